The Labute approximate surface area is 167 Å². The van der Waals surface area contributed by atoms with E-state index in [2.05, 4.69) is 0 Å². The summed E-state index contributed by atoms with van der Waals surface area (Å²) >= 11 is 0. The van der Waals surface area contributed by atoms with Crippen molar-refractivity contribution < 1.29 is 29.0 Å². The molecule has 0 aliphatic rings. The van der Waals surface area contributed by atoms with Crippen LogP contribution in [0.25, 0.3) is 0 Å². The third-order valence-electron chi connectivity index (χ3n) is 5.36. The Balaban J connectivity index is 3.05. The standard InChI is InChI=1S/C22H32O6/c1-7-21(4,19(26)28-13-16-11-9-8-10-12-16)15-22(5,18(25)27-6)14-20(2,3)17(23)24/h8-12H,7,13-15H2,1-6H3,(H,23,24). The third-order valence-corrected chi connectivity index (χ3v) is 5.36. The molecular formula is C22H32O6. The molecule has 156 valence electrons. The smallest absolute Gasteiger partial charge is 0.312 e. The highest BCUT2D eigenvalue weighted by molar-refractivity contribution is 5.82. The van der Waals surface area contributed by atoms with Gasteiger partial charge in [-0.15, -0.1) is 0 Å². The number of carboxylic acid groups (broad SMARTS) is 1. The molecule has 0 heterocycles. The molecule has 0 bridgehead atoms. The Morgan fingerprint density at radius 3 is 1.96 bits per heavy atom. The van der Waals surface area contributed by atoms with Crippen LogP contribution in [-0.2, 0) is 30.5 Å². The molecule has 0 fully saturated rings. The van der Waals surface area contributed by atoms with E-state index in [1.165, 1.54) is 7.11 Å². The molecule has 2 atom stereocenters. The summed E-state index contributed by atoms with van der Waals surface area (Å²) in [6.45, 7) is 8.52. The summed E-state index contributed by atoms with van der Waals surface area (Å²) in [4.78, 5) is 37.0. The van der Waals surface area contributed by atoms with Crippen molar-refractivity contribution in [1.29, 1.82) is 0 Å². The maximum Gasteiger partial charge on any atom is 0.312 e. The monoisotopic (exact) mass is 392 g/mol. The van der Waals surface area contributed by atoms with Gasteiger partial charge in [-0.2, -0.15) is 0 Å². The summed E-state index contributed by atoms with van der Waals surface area (Å²) in [5, 5.41) is 9.49. The molecule has 2 unspecified atom stereocenters. The molecule has 0 aliphatic heterocycles. The van der Waals surface area contributed by atoms with Gasteiger partial charge in [-0.25, -0.2) is 0 Å². The lowest BCUT2D eigenvalue weighted by Crippen LogP contribution is -2.43. The molecular weight excluding hydrogens is 360 g/mol. The van der Waals surface area contributed by atoms with Crippen molar-refractivity contribution in [3.8, 4) is 0 Å². The van der Waals surface area contributed by atoms with Gasteiger partial charge < -0.3 is 14.6 Å². The maximum atomic E-state index is 12.9. The second-order valence-corrected chi connectivity index (χ2v) is 8.57. The molecule has 1 N–H and O–H groups in total. The Morgan fingerprint density at radius 2 is 1.50 bits per heavy atom. The first-order chi connectivity index (χ1) is 12.9. The van der Waals surface area contributed by atoms with E-state index in [4.69, 9.17) is 9.47 Å². The molecule has 0 saturated carbocycles. The SMILES string of the molecule is CCC(C)(CC(C)(CC(C)(C)C(=O)O)C(=O)OC)C(=O)OCc1ccccc1. The van der Waals surface area contributed by atoms with Gasteiger partial charge in [0.05, 0.1) is 23.4 Å². The second-order valence-electron chi connectivity index (χ2n) is 8.57. The number of benzene rings is 1. The molecule has 0 radical (unpaired) electrons. The van der Waals surface area contributed by atoms with Gasteiger partial charge in [0.15, 0.2) is 0 Å². The molecule has 1 rings (SSSR count). The van der Waals surface area contributed by atoms with Crippen LogP contribution in [0.3, 0.4) is 0 Å². The van der Waals surface area contributed by atoms with E-state index in [0.717, 1.165) is 5.56 Å². The molecule has 0 amide bonds. The van der Waals surface area contributed by atoms with Crippen molar-refractivity contribution in [1.82, 2.24) is 0 Å². The normalized spacial score (nSPS) is 15.8. The zero-order chi connectivity index (χ0) is 21.6. The molecule has 1 aromatic rings. The van der Waals surface area contributed by atoms with Gasteiger partial charge in [-0.3, -0.25) is 14.4 Å². The lowest BCUT2D eigenvalue weighted by molar-refractivity contribution is -0.166. The number of carboxylic acids is 1. The number of rotatable bonds is 10. The molecule has 28 heavy (non-hydrogen) atoms. The van der Waals surface area contributed by atoms with Crippen LogP contribution in [0.5, 0.6) is 0 Å². The van der Waals surface area contributed by atoms with Crippen LogP contribution in [0.2, 0.25) is 0 Å². The van der Waals surface area contributed by atoms with Gasteiger partial charge in [-0.05, 0) is 52.5 Å². The van der Waals surface area contributed by atoms with Crippen LogP contribution in [0.4, 0.5) is 0 Å². The first-order valence-electron chi connectivity index (χ1n) is 9.43. The quantitative estimate of drug-likeness (QED) is 0.600. The fourth-order valence-electron chi connectivity index (χ4n) is 3.60. The first kappa shape index (κ1) is 23.7. The number of ether oxygens (including phenoxy) is 2. The molecule has 6 heteroatoms. The predicted molar refractivity (Wildman–Crippen MR) is 105 cm³/mol. The Hall–Kier alpha value is -2.37. The van der Waals surface area contributed by atoms with Crippen molar-refractivity contribution in [2.45, 2.75) is 60.5 Å². The number of carbonyl (C=O) groups excluding carboxylic acids is 2. The third kappa shape index (κ3) is 5.81. The van der Waals surface area contributed by atoms with Crippen molar-refractivity contribution in [2.24, 2.45) is 16.2 Å². The molecule has 0 spiro atoms. The summed E-state index contributed by atoms with van der Waals surface area (Å²) < 4.78 is 10.5. The van der Waals surface area contributed by atoms with Gasteiger partial charge in [0, 0.05) is 0 Å². The van der Waals surface area contributed by atoms with E-state index in [1.54, 1.807) is 27.7 Å². The molecule has 0 aliphatic carbocycles. The van der Waals surface area contributed by atoms with Crippen molar-refractivity contribution >= 4 is 17.9 Å². The summed E-state index contributed by atoms with van der Waals surface area (Å²) in [7, 11) is 1.27. The maximum absolute atomic E-state index is 12.9. The van der Waals surface area contributed by atoms with E-state index < -0.39 is 34.2 Å². The molecule has 0 saturated heterocycles. The van der Waals surface area contributed by atoms with Crippen LogP contribution in [0.1, 0.15) is 59.4 Å². The van der Waals surface area contributed by atoms with E-state index in [-0.39, 0.29) is 19.4 Å². The van der Waals surface area contributed by atoms with Gasteiger partial charge >= 0.3 is 17.9 Å². The van der Waals surface area contributed by atoms with E-state index in [1.807, 2.05) is 37.3 Å². The van der Waals surface area contributed by atoms with E-state index in [9.17, 15) is 19.5 Å². The highest BCUT2D eigenvalue weighted by Gasteiger charge is 2.49. The van der Waals surface area contributed by atoms with Crippen LogP contribution in [0.15, 0.2) is 30.3 Å². The lowest BCUT2D eigenvalue weighted by atomic mass is 9.65. The van der Waals surface area contributed by atoms with Crippen LogP contribution in [0, 0.1) is 16.2 Å². The van der Waals surface area contributed by atoms with Crippen LogP contribution >= 0.6 is 0 Å². The number of methoxy groups -OCH3 is 1. The average molecular weight is 392 g/mol. The number of hydrogen-bond donors (Lipinski definition) is 1. The topological polar surface area (TPSA) is 89.9 Å². The van der Waals surface area contributed by atoms with Crippen molar-refractivity contribution in [3.63, 3.8) is 0 Å². The fraction of sp³-hybridized carbons (Fsp3) is 0.591. The van der Waals surface area contributed by atoms with Gasteiger partial charge in [0.1, 0.15) is 6.61 Å². The number of esters is 2. The summed E-state index contributed by atoms with van der Waals surface area (Å²) in [5.41, 5.74) is -2.37. The lowest BCUT2D eigenvalue weighted by Gasteiger charge is -2.38. The van der Waals surface area contributed by atoms with Gasteiger partial charge in [0.25, 0.3) is 0 Å². The van der Waals surface area contributed by atoms with Crippen LogP contribution < -0.4 is 0 Å². The Kier molecular flexibility index (Phi) is 7.79. The largest absolute Gasteiger partial charge is 0.481 e. The summed E-state index contributed by atoms with van der Waals surface area (Å²) in [5.74, 6) is -1.95. The minimum atomic E-state index is -1.15. The van der Waals surface area contributed by atoms with Crippen LogP contribution in [-0.4, -0.2) is 30.1 Å². The number of carbonyl (C=O) groups is 3. The van der Waals surface area contributed by atoms with Crippen molar-refractivity contribution in [2.75, 3.05) is 7.11 Å². The molecule has 0 aromatic heterocycles. The van der Waals surface area contributed by atoms with E-state index >= 15 is 0 Å². The molecule has 1 aromatic carbocycles. The number of aliphatic carboxylic acids is 1. The first-order valence-corrected chi connectivity index (χ1v) is 9.43. The van der Waals surface area contributed by atoms with Gasteiger partial charge in [0.2, 0.25) is 0 Å². The zero-order valence-electron chi connectivity index (χ0n) is 17.7. The Morgan fingerprint density at radius 1 is 0.929 bits per heavy atom. The Bertz CT molecular complexity index is 696. The second kappa shape index (κ2) is 9.22. The molecule has 6 nitrogen and oxygen atoms in total. The summed E-state index contributed by atoms with van der Waals surface area (Å²) in [6.07, 6.45) is 0.623. The van der Waals surface area contributed by atoms with E-state index in [0.29, 0.717) is 6.42 Å². The van der Waals surface area contributed by atoms with Crippen molar-refractivity contribution in [3.05, 3.63) is 35.9 Å². The number of hydrogen-bond acceptors (Lipinski definition) is 5. The minimum Gasteiger partial charge on any atom is -0.481 e. The fourth-order valence-corrected chi connectivity index (χ4v) is 3.60. The minimum absolute atomic E-state index is 0.0452. The zero-order valence-corrected chi connectivity index (χ0v) is 17.7. The van der Waals surface area contributed by atoms with Gasteiger partial charge in [-0.1, -0.05) is 37.3 Å². The average Bonchev–Trinajstić information content (AvgIpc) is 2.65. The highest BCUT2D eigenvalue weighted by Crippen LogP contribution is 2.45. The summed E-state index contributed by atoms with van der Waals surface area (Å²) in [6, 6.07) is 9.34. The predicted octanol–water partition coefficient (Wildman–Crippen LogP) is 4.22. The highest BCUT2D eigenvalue weighted by atomic mass is 16.5.